The van der Waals surface area contributed by atoms with Crippen LogP contribution in [0.1, 0.15) is 41.8 Å². The van der Waals surface area contributed by atoms with E-state index in [-0.39, 0.29) is 36.2 Å². The van der Waals surface area contributed by atoms with Crippen LogP contribution in [0.4, 0.5) is 0 Å². The minimum absolute atomic E-state index is 0.0899. The van der Waals surface area contributed by atoms with Crippen LogP contribution in [0.3, 0.4) is 0 Å². The highest BCUT2D eigenvalue weighted by Gasteiger charge is 2.27. The number of nitrogens with one attached hydrogen (secondary N) is 4. The number of aryl methyl sites for hydroxylation is 1. The fourth-order valence-electron chi connectivity index (χ4n) is 3.81. The number of carbonyl (C=O) groups is 3. The molecule has 2 heterocycles. The van der Waals surface area contributed by atoms with Crippen LogP contribution in [0.25, 0.3) is 0 Å². The molecule has 1 aromatic carbocycles. The fourth-order valence-corrected chi connectivity index (χ4v) is 3.81. The van der Waals surface area contributed by atoms with Crippen molar-refractivity contribution in [3.63, 3.8) is 0 Å². The smallest absolute Gasteiger partial charge is 0.253 e. The first-order valence-corrected chi connectivity index (χ1v) is 11.5. The van der Waals surface area contributed by atoms with Gasteiger partial charge in [0.05, 0.1) is 12.1 Å². The predicted molar refractivity (Wildman–Crippen MR) is 127 cm³/mol. The van der Waals surface area contributed by atoms with E-state index in [0.717, 1.165) is 17.5 Å². The molecule has 3 rings (SSSR count). The molecule has 2 atom stereocenters. The second-order valence-corrected chi connectivity index (χ2v) is 8.76. The zero-order chi connectivity index (χ0) is 23.6. The van der Waals surface area contributed by atoms with E-state index in [0.29, 0.717) is 31.5 Å². The number of pyridine rings is 1. The van der Waals surface area contributed by atoms with Crippen LogP contribution in [0.2, 0.25) is 0 Å². The van der Waals surface area contributed by atoms with Gasteiger partial charge in [-0.05, 0) is 42.4 Å². The van der Waals surface area contributed by atoms with Crippen LogP contribution >= 0.6 is 0 Å². The van der Waals surface area contributed by atoms with Gasteiger partial charge in [0.1, 0.15) is 6.04 Å². The molecule has 0 aliphatic carbocycles. The molecular weight excluding hydrogens is 418 g/mol. The van der Waals surface area contributed by atoms with Crippen LogP contribution < -0.4 is 21.3 Å². The number of carbonyl (C=O) groups excluding carboxylic acids is 3. The second-order valence-electron chi connectivity index (χ2n) is 8.76. The number of hydrogen-bond donors (Lipinski definition) is 4. The molecule has 3 amide bonds. The van der Waals surface area contributed by atoms with E-state index in [1.807, 2.05) is 44.2 Å². The molecule has 2 aromatic rings. The summed E-state index contributed by atoms with van der Waals surface area (Å²) < 4.78 is 0. The minimum Gasteiger partial charge on any atom is -0.355 e. The first kappa shape index (κ1) is 24.4. The minimum atomic E-state index is -0.696. The van der Waals surface area contributed by atoms with Gasteiger partial charge in [0.25, 0.3) is 5.91 Å². The van der Waals surface area contributed by atoms with Crippen LogP contribution in [-0.4, -0.2) is 54.4 Å². The molecule has 1 aliphatic heterocycles. The lowest BCUT2D eigenvalue weighted by Crippen LogP contribution is -2.54. The largest absolute Gasteiger partial charge is 0.355 e. The average Bonchev–Trinajstić information content (AvgIpc) is 2.80. The van der Waals surface area contributed by atoms with Gasteiger partial charge in [-0.2, -0.15) is 0 Å². The molecule has 0 unspecified atom stereocenters. The topological polar surface area (TPSA) is 112 Å². The Bertz CT molecular complexity index is 948. The molecule has 1 aliphatic rings. The van der Waals surface area contributed by atoms with Crippen LogP contribution in [0.5, 0.6) is 0 Å². The number of fused-ring (bicyclic) bond motifs is 2. The van der Waals surface area contributed by atoms with Crippen molar-refractivity contribution < 1.29 is 14.4 Å². The van der Waals surface area contributed by atoms with Gasteiger partial charge >= 0.3 is 0 Å². The molecule has 0 radical (unpaired) electrons. The molecule has 0 saturated carbocycles. The maximum atomic E-state index is 13.2. The third-order valence-electron chi connectivity index (χ3n) is 5.60. The van der Waals surface area contributed by atoms with Gasteiger partial charge < -0.3 is 21.3 Å². The van der Waals surface area contributed by atoms with Gasteiger partial charge in [-0.1, -0.05) is 44.2 Å². The van der Waals surface area contributed by atoms with Crippen molar-refractivity contribution in [3.05, 3.63) is 65.5 Å². The Kier molecular flexibility index (Phi) is 8.95. The van der Waals surface area contributed by atoms with Gasteiger partial charge in [-0.3, -0.25) is 19.4 Å². The molecule has 0 spiro atoms. The summed E-state index contributed by atoms with van der Waals surface area (Å²) in [7, 11) is 0. The molecule has 1 aromatic heterocycles. The monoisotopic (exact) mass is 451 g/mol. The Morgan fingerprint density at radius 3 is 2.61 bits per heavy atom. The number of nitrogens with zero attached hydrogens (tertiary/aromatic N) is 1. The first-order chi connectivity index (χ1) is 15.9. The van der Waals surface area contributed by atoms with Crippen molar-refractivity contribution in [2.24, 2.45) is 5.92 Å². The van der Waals surface area contributed by atoms with E-state index in [1.54, 1.807) is 12.3 Å². The molecule has 0 saturated heterocycles. The van der Waals surface area contributed by atoms with Crippen molar-refractivity contribution in [2.45, 2.75) is 45.2 Å². The molecule has 176 valence electrons. The Morgan fingerprint density at radius 2 is 1.85 bits per heavy atom. The van der Waals surface area contributed by atoms with Gasteiger partial charge in [0.15, 0.2) is 0 Å². The van der Waals surface area contributed by atoms with Gasteiger partial charge in [0.2, 0.25) is 11.8 Å². The summed E-state index contributed by atoms with van der Waals surface area (Å²) in [6, 6.07) is 10.7. The lowest BCUT2D eigenvalue weighted by Gasteiger charge is -2.26. The molecular formula is C25H33N5O3. The summed E-state index contributed by atoms with van der Waals surface area (Å²) in [5.74, 6) is -0.774. The highest BCUT2D eigenvalue weighted by molar-refractivity contribution is 5.97. The van der Waals surface area contributed by atoms with Crippen molar-refractivity contribution in [3.8, 4) is 0 Å². The van der Waals surface area contributed by atoms with E-state index in [9.17, 15) is 14.4 Å². The summed E-state index contributed by atoms with van der Waals surface area (Å²) in [6.07, 6.45) is 5.26. The molecule has 0 fully saturated rings. The predicted octanol–water partition coefficient (Wildman–Crippen LogP) is 1.22. The Labute approximate surface area is 194 Å². The number of rotatable bonds is 3. The van der Waals surface area contributed by atoms with Crippen molar-refractivity contribution in [1.29, 1.82) is 0 Å². The summed E-state index contributed by atoms with van der Waals surface area (Å²) in [5, 5.41) is 12.0. The number of hydrogen-bond acceptors (Lipinski definition) is 5. The third kappa shape index (κ3) is 7.68. The SMILES string of the molecule is CC(C)[C@H]1NC(=O)c2cncc(c2)CCCNC(=O)CNC[C@@H](Cc2ccccc2)NC1=O. The Balaban J connectivity index is 1.81. The number of benzene rings is 1. The Morgan fingerprint density at radius 1 is 1.06 bits per heavy atom. The van der Waals surface area contributed by atoms with E-state index in [1.165, 1.54) is 6.20 Å². The fraction of sp³-hybridized carbons (Fsp3) is 0.440. The maximum absolute atomic E-state index is 13.2. The summed E-state index contributed by atoms with van der Waals surface area (Å²) >= 11 is 0. The maximum Gasteiger partial charge on any atom is 0.253 e. The van der Waals surface area contributed by atoms with Crippen molar-refractivity contribution >= 4 is 17.7 Å². The molecule has 33 heavy (non-hydrogen) atoms. The highest BCUT2D eigenvalue weighted by Crippen LogP contribution is 2.10. The summed E-state index contributed by atoms with van der Waals surface area (Å²) in [4.78, 5) is 42.5. The number of aromatic nitrogens is 1. The van der Waals surface area contributed by atoms with Gasteiger partial charge in [-0.15, -0.1) is 0 Å². The van der Waals surface area contributed by atoms with Gasteiger partial charge in [0, 0.05) is 31.5 Å². The first-order valence-electron chi connectivity index (χ1n) is 11.5. The normalized spacial score (nSPS) is 21.0. The average molecular weight is 452 g/mol. The van der Waals surface area contributed by atoms with Crippen LogP contribution in [-0.2, 0) is 22.4 Å². The summed E-state index contributed by atoms with van der Waals surface area (Å²) in [5.41, 5.74) is 2.41. The second kappa shape index (κ2) is 12.1. The molecule has 4 N–H and O–H groups in total. The van der Waals surface area contributed by atoms with Crippen LogP contribution in [0.15, 0.2) is 48.8 Å². The van der Waals surface area contributed by atoms with Crippen molar-refractivity contribution in [2.75, 3.05) is 19.6 Å². The quantitative estimate of drug-likeness (QED) is 0.561. The zero-order valence-corrected chi connectivity index (χ0v) is 19.3. The van der Waals surface area contributed by atoms with Gasteiger partial charge in [-0.25, -0.2) is 0 Å². The molecule has 8 heteroatoms. The van der Waals surface area contributed by atoms with E-state index in [2.05, 4.69) is 26.3 Å². The summed E-state index contributed by atoms with van der Waals surface area (Å²) in [6.45, 7) is 4.93. The van der Waals surface area contributed by atoms with E-state index < -0.39 is 6.04 Å². The molecule has 2 bridgehead atoms. The third-order valence-corrected chi connectivity index (χ3v) is 5.60. The Hall–Kier alpha value is -3.26. The van der Waals surface area contributed by atoms with Crippen molar-refractivity contribution in [1.82, 2.24) is 26.3 Å². The lowest BCUT2D eigenvalue weighted by molar-refractivity contribution is -0.124. The highest BCUT2D eigenvalue weighted by atomic mass is 16.2. The van der Waals surface area contributed by atoms with E-state index >= 15 is 0 Å². The van der Waals surface area contributed by atoms with Crippen LogP contribution in [0, 0.1) is 5.92 Å². The molecule has 8 nitrogen and oxygen atoms in total. The zero-order valence-electron chi connectivity index (χ0n) is 19.3. The van der Waals surface area contributed by atoms with E-state index in [4.69, 9.17) is 0 Å². The number of amides is 3. The lowest BCUT2D eigenvalue weighted by atomic mass is 10.0. The standard InChI is InChI=1S/C25H33N5O3/c1-17(2)23-25(33)29-21(12-18-7-4-3-5-8-18)15-27-16-22(31)28-10-6-9-19-11-20(14-26-13-19)24(32)30-23/h3-5,7-8,11,13-14,17,21,23,27H,6,9-10,12,15-16H2,1-2H3,(H,28,31)(H,29,33)(H,30,32)/t21-,23-/m1/s1.